The minimum absolute atomic E-state index is 0.224. The summed E-state index contributed by atoms with van der Waals surface area (Å²) in [5, 5.41) is 27.3. The maximum atomic E-state index is 9.52. The number of anilines is 1. The predicted molar refractivity (Wildman–Crippen MR) is 106 cm³/mol. The van der Waals surface area contributed by atoms with Crippen LogP contribution < -0.4 is 5.73 Å². The van der Waals surface area contributed by atoms with E-state index in [0.717, 1.165) is 18.5 Å². The number of aromatic nitrogens is 4. The molecule has 8 heteroatoms. The summed E-state index contributed by atoms with van der Waals surface area (Å²) in [5.41, 5.74) is 8.36. The fourth-order valence-electron chi connectivity index (χ4n) is 2.87. The lowest BCUT2D eigenvalue weighted by Crippen LogP contribution is -2.12. The summed E-state index contributed by atoms with van der Waals surface area (Å²) >= 11 is 0. The Labute approximate surface area is 161 Å². The van der Waals surface area contributed by atoms with Gasteiger partial charge in [-0.05, 0) is 13.3 Å². The highest BCUT2D eigenvalue weighted by molar-refractivity contribution is 5.63. The molecule has 0 aliphatic heterocycles. The number of aryl methyl sites for hydroxylation is 3. The van der Waals surface area contributed by atoms with E-state index in [1.54, 1.807) is 16.4 Å². The van der Waals surface area contributed by atoms with Crippen LogP contribution in [0.1, 0.15) is 70.3 Å². The van der Waals surface area contributed by atoms with Crippen LogP contribution in [0.25, 0.3) is 0 Å². The standard InChI is InChI=1S/C19H30N8/c1-7-8-9-10-11-27-18(14(12-20)13(2)24-27)23-22-15-16(19(3,4)5)25-26(6)17(15)21/h7-11,21H2,1-6H3. The molecule has 0 aromatic carbocycles. The van der Waals surface area contributed by atoms with Crippen molar-refractivity contribution in [3.05, 3.63) is 17.0 Å². The van der Waals surface area contributed by atoms with Gasteiger partial charge in [-0.2, -0.15) is 15.5 Å². The Balaban J connectivity index is 2.41. The van der Waals surface area contributed by atoms with Gasteiger partial charge < -0.3 is 5.73 Å². The van der Waals surface area contributed by atoms with Crippen LogP contribution in [0, 0.1) is 18.3 Å². The van der Waals surface area contributed by atoms with Crippen LogP contribution in [0.5, 0.6) is 0 Å². The highest BCUT2D eigenvalue weighted by Crippen LogP contribution is 2.36. The zero-order chi connectivity index (χ0) is 20.2. The molecule has 0 saturated carbocycles. The Morgan fingerprint density at radius 2 is 1.85 bits per heavy atom. The van der Waals surface area contributed by atoms with E-state index in [-0.39, 0.29) is 5.41 Å². The first-order valence-electron chi connectivity index (χ1n) is 9.42. The molecule has 0 radical (unpaired) electrons. The van der Waals surface area contributed by atoms with Crippen molar-refractivity contribution in [3.8, 4) is 6.07 Å². The molecule has 27 heavy (non-hydrogen) atoms. The molecule has 0 unspecified atom stereocenters. The SMILES string of the molecule is CCCCCCn1nc(C)c(C#N)c1N=Nc1c(C(C)(C)C)nn(C)c1N. The molecule has 2 heterocycles. The first-order valence-corrected chi connectivity index (χ1v) is 9.42. The van der Waals surface area contributed by atoms with Crippen molar-refractivity contribution in [2.45, 2.75) is 72.3 Å². The number of nitrogens with zero attached hydrogens (tertiary/aromatic N) is 7. The zero-order valence-electron chi connectivity index (χ0n) is 17.2. The van der Waals surface area contributed by atoms with Crippen LogP contribution in [0.4, 0.5) is 17.3 Å². The molecule has 0 bridgehead atoms. The topological polar surface area (TPSA) is 110 Å². The maximum absolute atomic E-state index is 9.52. The molecule has 2 aromatic rings. The molecule has 0 aliphatic rings. The molecule has 0 atom stereocenters. The van der Waals surface area contributed by atoms with E-state index in [2.05, 4.69) is 54.2 Å². The van der Waals surface area contributed by atoms with E-state index in [1.165, 1.54) is 12.8 Å². The van der Waals surface area contributed by atoms with Crippen molar-refractivity contribution in [1.29, 1.82) is 5.26 Å². The second-order valence-electron chi connectivity index (χ2n) is 7.84. The fourth-order valence-corrected chi connectivity index (χ4v) is 2.87. The number of azo groups is 1. The van der Waals surface area contributed by atoms with E-state index >= 15 is 0 Å². The summed E-state index contributed by atoms with van der Waals surface area (Å²) < 4.78 is 3.38. The van der Waals surface area contributed by atoms with Crippen molar-refractivity contribution in [2.24, 2.45) is 17.3 Å². The van der Waals surface area contributed by atoms with Gasteiger partial charge in [-0.15, -0.1) is 10.2 Å². The number of hydrogen-bond acceptors (Lipinski definition) is 6. The van der Waals surface area contributed by atoms with Gasteiger partial charge in [0.05, 0.1) is 11.4 Å². The van der Waals surface area contributed by atoms with Crippen LogP contribution >= 0.6 is 0 Å². The molecule has 0 fully saturated rings. The average molecular weight is 371 g/mol. The van der Waals surface area contributed by atoms with Crippen LogP contribution in [0.15, 0.2) is 10.2 Å². The molecule has 0 spiro atoms. The third-order valence-corrected chi connectivity index (χ3v) is 4.46. The lowest BCUT2D eigenvalue weighted by Gasteiger charge is -2.15. The Hall–Kier alpha value is -2.69. The van der Waals surface area contributed by atoms with Gasteiger partial charge in [-0.1, -0.05) is 47.0 Å². The normalized spacial score (nSPS) is 12.0. The summed E-state index contributed by atoms with van der Waals surface area (Å²) in [6, 6.07) is 2.20. The van der Waals surface area contributed by atoms with Gasteiger partial charge in [0.1, 0.15) is 17.5 Å². The van der Waals surface area contributed by atoms with Gasteiger partial charge in [0.2, 0.25) is 0 Å². The first-order chi connectivity index (χ1) is 12.7. The Kier molecular flexibility index (Phi) is 6.37. The zero-order valence-corrected chi connectivity index (χ0v) is 17.2. The van der Waals surface area contributed by atoms with Gasteiger partial charge >= 0.3 is 0 Å². The summed E-state index contributed by atoms with van der Waals surface area (Å²) in [6.07, 6.45) is 4.47. The number of nitriles is 1. The quantitative estimate of drug-likeness (QED) is 0.564. The maximum Gasteiger partial charge on any atom is 0.191 e. The fraction of sp³-hybridized carbons (Fsp3) is 0.632. The van der Waals surface area contributed by atoms with Gasteiger partial charge in [-0.25, -0.2) is 4.68 Å². The highest BCUT2D eigenvalue weighted by atomic mass is 15.4. The molecule has 146 valence electrons. The van der Waals surface area contributed by atoms with Gasteiger partial charge in [-0.3, -0.25) is 4.68 Å². The molecule has 0 amide bonds. The second kappa shape index (κ2) is 8.33. The number of nitrogen functional groups attached to an aromatic ring is 1. The van der Waals surface area contributed by atoms with E-state index in [4.69, 9.17) is 5.73 Å². The smallest absolute Gasteiger partial charge is 0.191 e. The molecular weight excluding hydrogens is 340 g/mol. The lowest BCUT2D eigenvalue weighted by atomic mass is 9.91. The molecule has 2 rings (SSSR count). The Bertz CT molecular complexity index is 858. The summed E-state index contributed by atoms with van der Waals surface area (Å²) in [4.78, 5) is 0. The third-order valence-electron chi connectivity index (χ3n) is 4.46. The van der Waals surface area contributed by atoms with Crippen molar-refractivity contribution in [3.63, 3.8) is 0 Å². The molecule has 8 nitrogen and oxygen atoms in total. The van der Waals surface area contributed by atoms with Gasteiger partial charge in [0, 0.05) is 19.0 Å². The highest BCUT2D eigenvalue weighted by Gasteiger charge is 2.25. The summed E-state index contributed by atoms with van der Waals surface area (Å²) in [5.74, 6) is 0.933. The minimum atomic E-state index is -0.224. The summed E-state index contributed by atoms with van der Waals surface area (Å²) in [7, 11) is 1.78. The molecule has 0 aliphatic carbocycles. The Morgan fingerprint density at radius 1 is 1.15 bits per heavy atom. The van der Waals surface area contributed by atoms with Crippen LogP contribution in [-0.2, 0) is 19.0 Å². The molecule has 2 N–H and O–H groups in total. The number of rotatable bonds is 7. The van der Waals surface area contributed by atoms with E-state index in [0.29, 0.717) is 35.1 Å². The second-order valence-corrected chi connectivity index (χ2v) is 7.84. The Morgan fingerprint density at radius 3 is 2.44 bits per heavy atom. The first kappa shape index (κ1) is 20.6. The molecule has 2 aromatic heterocycles. The number of hydrogen-bond donors (Lipinski definition) is 1. The monoisotopic (exact) mass is 370 g/mol. The van der Waals surface area contributed by atoms with Crippen molar-refractivity contribution >= 4 is 17.3 Å². The van der Waals surface area contributed by atoms with Crippen LogP contribution in [0.3, 0.4) is 0 Å². The third kappa shape index (κ3) is 4.54. The van der Waals surface area contributed by atoms with Crippen molar-refractivity contribution in [2.75, 3.05) is 5.73 Å². The van der Waals surface area contributed by atoms with Gasteiger partial charge in [0.25, 0.3) is 0 Å². The van der Waals surface area contributed by atoms with Crippen LogP contribution in [0.2, 0.25) is 0 Å². The number of nitrogens with two attached hydrogens (primary N) is 1. The van der Waals surface area contributed by atoms with Gasteiger partial charge in [0.15, 0.2) is 11.5 Å². The lowest BCUT2D eigenvalue weighted by molar-refractivity contribution is 0.540. The van der Waals surface area contributed by atoms with Crippen molar-refractivity contribution in [1.82, 2.24) is 19.6 Å². The number of unbranched alkanes of at least 4 members (excludes halogenated alkanes) is 3. The van der Waals surface area contributed by atoms with E-state index in [1.807, 2.05) is 6.92 Å². The van der Waals surface area contributed by atoms with Crippen LogP contribution in [-0.4, -0.2) is 19.6 Å². The predicted octanol–water partition coefficient (Wildman–Crippen LogP) is 4.67. The minimum Gasteiger partial charge on any atom is -0.382 e. The molecular formula is C19H30N8. The summed E-state index contributed by atoms with van der Waals surface area (Å²) in [6.45, 7) is 10.9. The van der Waals surface area contributed by atoms with Crippen molar-refractivity contribution < 1.29 is 0 Å². The van der Waals surface area contributed by atoms with E-state index < -0.39 is 0 Å². The average Bonchev–Trinajstić information content (AvgIpc) is 3.06. The largest absolute Gasteiger partial charge is 0.382 e. The molecule has 0 saturated heterocycles. The van der Waals surface area contributed by atoms with E-state index in [9.17, 15) is 5.26 Å².